The van der Waals surface area contributed by atoms with E-state index in [4.69, 9.17) is 4.74 Å². The highest BCUT2D eigenvalue weighted by atomic mass is 32.1. The fourth-order valence-electron chi connectivity index (χ4n) is 4.18. The average molecular weight is 574 g/mol. The van der Waals surface area contributed by atoms with Gasteiger partial charge in [0.05, 0.1) is 18.2 Å². The lowest BCUT2D eigenvalue weighted by molar-refractivity contribution is -0.143. The highest BCUT2D eigenvalue weighted by Crippen LogP contribution is 2.37. The minimum absolute atomic E-state index is 0.0105. The van der Waals surface area contributed by atoms with E-state index in [1.807, 2.05) is 24.3 Å². The van der Waals surface area contributed by atoms with Gasteiger partial charge in [-0.2, -0.15) is 30.7 Å². The number of nitrogens with zero attached hydrogens (tertiary/aromatic N) is 3. The summed E-state index contributed by atoms with van der Waals surface area (Å²) in [5, 5.41) is 5.43. The predicted octanol–water partition coefficient (Wildman–Crippen LogP) is 6.21. The molecule has 1 aromatic heterocycles. The molecule has 0 bridgehead atoms. The van der Waals surface area contributed by atoms with Crippen LogP contribution >= 0.6 is 11.5 Å². The zero-order chi connectivity index (χ0) is 28.2. The Bertz CT molecular complexity index is 1260. The largest absolute Gasteiger partial charge is 0.497 e. The normalized spacial score (nSPS) is 14.8. The Kier molecular flexibility index (Phi) is 8.52. The van der Waals surface area contributed by atoms with Gasteiger partial charge in [0.25, 0.3) is 0 Å². The second-order valence-electron chi connectivity index (χ2n) is 9.08. The van der Waals surface area contributed by atoms with Crippen molar-refractivity contribution >= 4 is 28.4 Å². The van der Waals surface area contributed by atoms with Gasteiger partial charge in [0.15, 0.2) is 0 Å². The van der Waals surface area contributed by atoms with Crippen molar-refractivity contribution in [1.82, 2.24) is 14.7 Å². The van der Waals surface area contributed by atoms with Crippen molar-refractivity contribution in [3.8, 4) is 5.75 Å². The number of halogens is 6. The molecule has 14 heteroatoms. The quantitative estimate of drug-likeness (QED) is 0.329. The Morgan fingerprint density at radius 1 is 1.05 bits per heavy atom. The van der Waals surface area contributed by atoms with Crippen LogP contribution in [-0.2, 0) is 18.8 Å². The number of aromatic nitrogens is 2. The van der Waals surface area contributed by atoms with E-state index in [2.05, 4.69) is 24.9 Å². The minimum atomic E-state index is -5.00. The van der Waals surface area contributed by atoms with Crippen LogP contribution in [0.5, 0.6) is 5.75 Å². The van der Waals surface area contributed by atoms with Crippen LogP contribution in [0.3, 0.4) is 0 Å². The van der Waals surface area contributed by atoms with Crippen LogP contribution in [0.1, 0.15) is 35.4 Å². The first-order chi connectivity index (χ1) is 18.4. The lowest BCUT2D eigenvalue weighted by atomic mass is 9.97. The smallest absolute Gasteiger partial charge is 0.416 e. The molecule has 1 saturated heterocycles. The molecule has 7 nitrogen and oxygen atoms in total. The van der Waals surface area contributed by atoms with Crippen molar-refractivity contribution in [2.75, 3.05) is 37.0 Å². The Hall–Kier alpha value is -3.55. The molecular weight excluding hydrogens is 548 g/mol. The third-order valence-electron chi connectivity index (χ3n) is 6.24. The standard InChI is InChI=1S/C25H25F6N5O2S/c1-38-20-4-2-3-16(9-20)10-21-34-23(39-35-21)36-7-5-15(6-8-36)14-32-22(37)33-19-12-17(24(26,27)28)11-18(13-19)25(29,30)31/h2-4,9,11-13,15H,5-8,10,14H2,1H3,(H2,32,33,37). The molecule has 2 amide bonds. The fourth-order valence-corrected chi connectivity index (χ4v) is 4.91. The van der Waals surface area contributed by atoms with Crippen LogP contribution < -0.4 is 20.3 Å². The summed E-state index contributed by atoms with van der Waals surface area (Å²) in [5.74, 6) is 1.55. The van der Waals surface area contributed by atoms with Crippen molar-refractivity contribution in [3.63, 3.8) is 0 Å². The lowest BCUT2D eigenvalue weighted by Gasteiger charge is -2.31. The van der Waals surface area contributed by atoms with E-state index in [0.29, 0.717) is 50.3 Å². The number of carbonyl (C=O) groups excluding carboxylic acids is 1. The van der Waals surface area contributed by atoms with Gasteiger partial charge in [0.2, 0.25) is 5.13 Å². The summed E-state index contributed by atoms with van der Waals surface area (Å²) in [6.45, 7) is 1.57. The molecule has 2 N–H and O–H groups in total. The Labute approximate surface area is 224 Å². The van der Waals surface area contributed by atoms with Gasteiger partial charge in [-0.1, -0.05) is 12.1 Å². The minimum Gasteiger partial charge on any atom is -0.497 e. The van der Waals surface area contributed by atoms with E-state index in [-0.39, 0.29) is 18.5 Å². The maximum Gasteiger partial charge on any atom is 0.416 e. The van der Waals surface area contributed by atoms with Gasteiger partial charge in [0.1, 0.15) is 11.6 Å². The van der Waals surface area contributed by atoms with Gasteiger partial charge in [-0.25, -0.2) is 9.78 Å². The Morgan fingerprint density at radius 3 is 2.33 bits per heavy atom. The summed E-state index contributed by atoms with van der Waals surface area (Å²) >= 11 is 1.31. The summed E-state index contributed by atoms with van der Waals surface area (Å²) in [6, 6.07) is 7.74. The van der Waals surface area contributed by atoms with Gasteiger partial charge in [-0.05, 0) is 54.7 Å². The monoisotopic (exact) mass is 573 g/mol. The molecule has 0 atom stereocenters. The molecule has 210 valence electrons. The summed E-state index contributed by atoms with van der Waals surface area (Å²) in [6.07, 6.45) is -7.99. The number of hydrogen-bond donors (Lipinski definition) is 2. The molecular formula is C25H25F6N5O2S. The van der Waals surface area contributed by atoms with E-state index in [0.717, 1.165) is 16.4 Å². The molecule has 0 unspecified atom stereocenters. The van der Waals surface area contributed by atoms with Gasteiger partial charge >= 0.3 is 18.4 Å². The number of urea groups is 1. The number of nitrogens with one attached hydrogen (secondary N) is 2. The van der Waals surface area contributed by atoms with Gasteiger partial charge < -0.3 is 20.3 Å². The van der Waals surface area contributed by atoms with Crippen molar-refractivity contribution in [3.05, 3.63) is 65.0 Å². The zero-order valence-electron chi connectivity index (χ0n) is 20.7. The molecule has 4 rings (SSSR count). The number of methoxy groups -OCH3 is 1. The number of ether oxygens (including phenoxy) is 1. The van der Waals surface area contributed by atoms with E-state index in [1.165, 1.54) is 11.5 Å². The third-order valence-corrected chi connectivity index (χ3v) is 7.05. The Balaban J connectivity index is 1.27. The first-order valence-electron chi connectivity index (χ1n) is 12.0. The number of amides is 2. The molecule has 1 fully saturated rings. The molecule has 2 heterocycles. The second-order valence-corrected chi connectivity index (χ2v) is 9.81. The highest BCUT2D eigenvalue weighted by Gasteiger charge is 2.37. The van der Waals surface area contributed by atoms with Crippen molar-refractivity contribution in [2.24, 2.45) is 5.92 Å². The fraction of sp³-hybridized carbons (Fsp3) is 0.400. The molecule has 3 aromatic rings. The van der Waals surface area contributed by atoms with Crippen molar-refractivity contribution < 1.29 is 35.9 Å². The van der Waals surface area contributed by atoms with Gasteiger partial charge in [-0.15, -0.1) is 0 Å². The SMILES string of the molecule is COc1cccc(Cc2nsc(N3CCC(CNC(=O)Nc4cc(C(F)(F)F)cc(C(F)(F)F)c4)CC3)n2)c1. The summed E-state index contributed by atoms with van der Waals surface area (Å²) in [5.41, 5.74) is -2.56. The topological polar surface area (TPSA) is 79.4 Å². The first-order valence-corrected chi connectivity index (χ1v) is 12.7. The number of hydrogen-bond acceptors (Lipinski definition) is 6. The number of alkyl halides is 6. The second kappa shape index (κ2) is 11.7. The zero-order valence-corrected chi connectivity index (χ0v) is 21.5. The summed E-state index contributed by atoms with van der Waals surface area (Å²) in [7, 11) is 1.60. The number of carbonyl (C=O) groups is 1. The van der Waals surface area contributed by atoms with E-state index < -0.39 is 35.2 Å². The molecule has 39 heavy (non-hydrogen) atoms. The van der Waals surface area contributed by atoms with Crippen LogP contribution in [0.2, 0.25) is 0 Å². The Morgan fingerprint density at radius 2 is 1.72 bits per heavy atom. The van der Waals surface area contributed by atoms with Crippen LogP contribution in [0.15, 0.2) is 42.5 Å². The van der Waals surface area contributed by atoms with Crippen molar-refractivity contribution in [1.29, 1.82) is 0 Å². The molecule has 0 radical (unpaired) electrons. The number of anilines is 2. The molecule has 0 saturated carbocycles. The van der Waals surface area contributed by atoms with Crippen molar-refractivity contribution in [2.45, 2.75) is 31.6 Å². The van der Waals surface area contributed by atoms with Crippen LogP contribution in [-0.4, -0.2) is 42.1 Å². The number of benzene rings is 2. The van der Waals surface area contributed by atoms with Crippen LogP contribution in [0, 0.1) is 5.92 Å². The third kappa shape index (κ3) is 7.74. The summed E-state index contributed by atoms with van der Waals surface area (Å²) in [4.78, 5) is 19.0. The maximum absolute atomic E-state index is 13.0. The first kappa shape index (κ1) is 28.5. The summed E-state index contributed by atoms with van der Waals surface area (Å²) < 4.78 is 87.9. The average Bonchev–Trinajstić information content (AvgIpc) is 3.35. The van der Waals surface area contributed by atoms with E-state index in [1.54, 1.807) is 7.11 Å². The number of rotatable bonds is 7. The number of piperidine rings is 1. The predicted molar refractivity (Wildman–Crippen MR) is 134 cm³/mol. The van der Waals surface area contributed by atoms with Gasteiger partial charge in [0, 0.05) is 43.3 Å². The maximum atomic E-state index is 13.0. The molecule has 1 aliphatic heterocycles. The molecule has 0 aliphatic carbocycles. The van der Waals surface area contributed by atoms with E-state index >= 15 is 0 Å². The van der Waals surface area contributed by atoms with E-state index in [9.17, 15) is 31.1 Å². The van der Waals surface area contributed by atoms with Crippen LogP contribution in [0.4, 0.5) is 42.0 Å². The molecule has 1 aliphatic rings. The highest BCUT2D eigenvalue weighted by molar-refractivity contribution is 7.09. The lowest BCUT2D eigenvalue weighted by Crippen LogP contribution is -2.39. The molecule has 2 aromatic carbocycles. The van der Waals surface area contributed by atoms with Crippen LogP contribution in [0.25, 0.3) is 0 Å². The van der Waals surface area contributed by atoms with Gasteiger partial charge in [-0.3, -0.25) is 0 Å². The molecule has 0 spiro atoms.